The van der Waals surface area contributed by atoms with Gasteiger partial charge in [0.05, 0.1) is 6.54 Å². The van der Waals surface area contributed by atoms with Gasteiger partial charge in [0.1, 0.15) is 6.54 Å². The van der Waals surface area contributed by atoms with Gasteiger partial charge in [-0.3, -0.25) is 9.79 Å². The molecule has 154 valence electrons. The van der Waals surface area contributed by atoms with Gasteiger partial charge in [0.25, 0.3) is 0 Å². The van der Waals surface area contributed by atoms with Gasteiger partial charge in [-0.1, -0.05) is 39.0 Å². The van der Waals surface area contributed by atoms with E-state index in [4.69, 9.17) is 0 Å². The number of alkyl halides is 3. The van der Waals surface area contributed by atoms with E-state index < -0.39 is 18.6 Å². The van der Waals surface area contributed by atoms with Crippen LogP contribution in [0.25, 0.3) is 0 Å². The number of amides is 1. The van der Waals surface area contributed by atoms with Gasteiger partial charge in [0.15, 0.2) is 5.96 Å². The second-order valence-corrected chi connectivity index (χ2v) is 6.98. The van der Waals surface area contributed by atoms with Gasteiger partial charge in [-0.2, -0.15) is 13.2 Å². The van der Waals surface area contributed by atoms with E-state index in [0.29, 0.717) is 22.7 Å². The molecule has 1 aliphatic carbocycles. The minimum Gasteiger partial charge on any atom is -0.354 e. The van der Waals surface area contributed by atoms with E-state index >= 15 is 0 Å². The topological polar surface area (TPSA) is 56.7 Å². The van der Waals surface area contributed by atoms with Gasteiger partial charge >= 0.3 is 6.18 Å². The van der Waals surface area contributed by atoms with Crippen LogP contribution >= 0.6 is 24.0 Å². The summed E-state index contributed by atoms with van der Waals surface area (Å²) in [4.78, 5) is 16.5. The molecule has 1 saturated carbocycles. The van der Waals surface area contributed by atoms with Gasteiger partial charge in [0, 0.05) is 20.1 Å². The third-order valence-corrected chi connectivity index (χ3v) is 5.02. The summed E-state index contributed by atoms with van der Waals surface area (Å²) in [5.41, 5.74) is 0. The Morgan fingerprint density at radius 1 is 1.23 bits per heavy atom. The third kappa shape index (κ3) is 9.27. The van der Waals surface area contributed by atoms with E-state index in [0.717, 1.165) is 7.05 Å². The number of carbonyl (C=O) groups excluding carboxylic acids is 1. The van der Waals surface area contributed by atoms with Crippen LogP contribution in [0, 0.1) is 11.8 Å². The number of carbonyl (C=O) groups is 1. The molecule has 9 heteroatoms. The van der Waals surface area contributed by atoms with E-state index in [9.17, 15) is 18.0 Å². The Kier molecular flexibility index (Phi) is 11.5. The highest BCUT2D eigenvalue weighted by Gasteiger charge is 2.31. The fourth-order valence-electron chi connectivity index (χ4n) is 3.26. The number of hydrogen-bond donors (Lipinski definition) is 2. The van der Waals surface area contributed by atoms with Crippen LogP contribution in [-0.2, 0) is 4.79 Å². The maximum absolute atomic E-state index is 12.3. The standard InChI is InChI=1S/C17H31F3N4O.HI/c1-12(14-8-6-5-7-9-14)13(2)23-16(21-3)22-10-15(25)24(4)11-17(18,19)20;/h12-14H,5-11H2,1-4H3,(H2,21,22,23);1H. The van der Waals surface area contributed by atoms with Crippen molar-refractivity contribution >= 4 is 35.8 Å². The van der Waals surface area contributed by atoms with E-state index in [1.807, 2.05) is 0 Å². The van der Waals surface area contributed by atoms with Crippen LogP contribution in [0.15, 0.2) is 4.99 Å². The summed E-state index contributed by atoms with van der Waals surface area (Å²) in [6, 6.07) is 0.164. The Bertz CT molecular complexity index is 454. The SMILES string of the molecule is CN=C(NCC(=O)N(C)CC(F)(F)F)NC(C)C(C)C1CCCCC1.I. The maximum Gasteiger partial charge on any atom is 0.406 e. The Labute approximate surface area is 171 Å². The van der Waals surface area contributed by atoms with Gasteiger partial charge in [-0.15, -0.1) is 24.0 Å². The number of nitrogens with zero attached hydrogens (tertiary/aromatic N) is 2. The van der Waals surface area contributed by atoms with Crippen molar-refractivity contribution in [2.24, 2.45) is 16.8 Å². The molecule has 0 bridgehead atoms. The lowest BCUT2D eigenvalue weighted by molar-refractivity contribution is -0.157. The average Bonchev–Trinajstić information content (AvgIpc) is 2.56. The van der Waals surface area contributed by atoms with Crippen molar-refractivity contribution in [1.29, 1.82) is 0 Å². The molecule has 26 heavy (non-hydrogen) atoms. The molecule has 0 aromatic heterocycles. The zero-order valence-electron chi connectivity index (χ0n) is 16.0. The first-order chi connectivity index (χ1) is 11.6. The summed E-state index contributed by atoms with van der Waals surface area (Å²) >= 11 is 0. The van der Waals surface area contributed by atoms with E-state index in [2.05, 4.69) is 29.5 Å². The molecule has 1 fully saturated rings. The molecule has 1 amide bonds. The van der Waals surface area contributed by atoms with Crippen molar-refractivity contribution in [3.8, 4) is 0 Å². The number of likely N-dealkylation sites (N-methyl/N-ethyl adjacent to an activating group) is 1. The summed E-state index contributed by atoms with van der Waals surface area (Å²) in [5, 5.41) is 6.06. The number of guanidine groups is 1. The third-order valence-electron chi connectivity index (χ3n) is 5.02. The molecular weight excluding hydrogens is 460 g/mol. The summed E-state index contributed by atoms with van der Waals surface area (Å²) in [5.74, 6) is 0.938. The van der Waals surface area contributed by atoms with Crippen molar-refractivity contribution in [3.05, 3.63) is 0 Å². The van der Waals surface area contributed by atoms with Gasteiger partial charge in [-0.05, 0) is 18.8 Å². The molecule has 0 spiro atoms. The number of nitrogens with one attached hydrogen (secondary N) is 2. The lowest BCUT2D eigenvalue weighted by Crippen LogP contribution is -2.49. The second kappa shape index (κ2) is 11.9. The zero-order chi connectivity index (χ0) is 19.0. The van der Waals surface area contributed by atoms with Crippen LogP contribution in [0.5, 0.6) is 0 Å². The number of rotatable bonds is 6. The summed E-state index contributed by atoms with van der Waals surface area (Å²) in [6.07, 6.45) is 1.93. The zero-order valence-corrected chi connectivity index (χ0v) is 18.4. The number of hydrogen-bond acceptors (Lipinski definition) is 2. The minimum atomic E-state index is -4.39. The average molecular weight is 492 g/mol. The molecule has 0 aromatic rings. The molecule has 0 aromatic carbocycles. The van der Waals surface area contributed by atoms with Gasteiger partial charge in [-0.25, -0.2) is 0 Å². The molecule has 2 atom stereocenters. The highest BCUT2D eigenvalue weighted by molar-refractivity contribution is 14.0. The van der Waals surface area contributed by atoms with Gasteiger partial charge in [0.2, 0.25) is 5.91 Å². The van der Waals surface area contributed by atoms with Crippen LogP contribution in [0.3, 0.4) is 0 Å². The van der Waals surface area contributed by atoms with Crippen LogP contribution < -0.4 is 10.6 Å². The molecule has 1 rings (SSSR count). The highest BCUT2D eigenvalue weighted by atomic mass is 127. The fraction of sp³-hybridized carbons (Fsp3) is 0.882. The van der Waals surface area contributed by atoms with Crippen LogP contribution in [-0.4, -0.2) is 56.2 Å². The van der Waals surface area contributed by atoms with Crippen LogP contribution in [0.4, 0.5) is 13.2 Å². The molecule has 5 nitrogen and oxygen atoms in total. The minimum absolute atomic E-state index is 0. The smallest absolute Gasteiger partial charge is 0.354 e. The quantitative estimate of drug-likeness (QED) is 0.340. The lowest BCUT2D eigenvalue weighted by atomic mass is 9.78. The molecule has 0 saturated heterocycles. The highest BCUT2D eigenvalue weighted by Crippen LogP contribution is 2.31. The summed E-state index contributed by atoms with van der Waals surface area (Å²) in [7, 11) is 2.72. The summed E-state index contributed by atoms with van der Waals surface area (Å²) < 4.78 is 37.0. The molecule has 0 aliphatic heterocycles. The summed E-state index contributed by atoms with van der Waals surface area (Å²) in [6.45, 7) is 2.80. The largest absolute Gasteiger partial charge is 0.406 e. The van der Waals surface area contributed by atoms with E-state index in [-0.39, 0.29) is 36.6 Å². The first-order valence-electron chi connectivity index (χ1n) is 8.92. The first-order valence-corrected chi connectivity index (χ1v) is 8.92. The fourth-order valence-corrected chi connectivity index (χ4v) is 3.26. The van der Waals surface area contributed by atoms with E-state index in [1.54, 1.807) is 7.05 Å². The van der Waals surface area contributed by atoms with Crippen LogP contribution in [0.2, 0.25) is 0 Å². The molecule has 2 unspecified atom stereocenters. The normalized spacial score (nSPS) is 18.5. The molecule has 2 N–H and O–H groups in total. The first kappa shape index (κ1) is 25.3. The Morgan fingerprint density at radius 3 is 2.31 bits per heavy atom. The lowest BCUT2D eigenvalue weighted by Gasteiger charge is -2.33. The predicted molar refractivity (Wildman–Crippen MR) is 109 cm³/mol. The Hall–Kier alpha value is -0.740. The predicted octanol–water partition coefficient (Wildman–Crippen LogP) is 3.40. The molecule has 0 heterocycles. The Morgan fingerprint density at radius 2 is 1.81 bits per heavy atom. The number of aliphatic imine (C=N–C) groups is 1. The van der Waals surface area contributed by atoms with E-state index in [1.165, 1.54) is 32.1 Å². The number of halogens is 4. The van der Waals surface area contributed by atoms with Crippen LogP contribution in [0.1, 0.15) is 46.0 Å². The Balaban J connectivity index is 0.00000625. The van der Waals surface area contributed by atoms with Crippen molar-refractivity contribution < 1.29 is 18.0 Å². The van der Waals surface area contributed by atoms with Crippen molar-refractivity contribution in [3.63, 3.8) is 0 Å². The second-order valence-electron chi connectivity index (χ2n) is 6.98. The monoisotopic (exact) mass is 492 g/mol. The van der Waals surface area contributed by atoms with Crippen molar-refractivity contribution in [2.75, 3.05) is 27.2 Å². The van der Waals surface area contributed by atoms with Crippen molar-refractivity contribution in [2.45, 2.75) is 58.2 Å². The molecular formula is C17H32F3IN4O. The molecule has 0 radical (unpaired) electrons. The maximum atomic E-state index is 12.3. The molecule has 1 aliphatic rings. The van der Waals surface area contributed by atoms with Gasteiger partial charge < -0.3 is 15.5 Å². The van der Waals surface area contributed by atoms with Crippen molar-refractivity contribution in [1.82, 2.24) is 15.5 Å².